The molecule has 0 saturated carbocycles. The average molecular weight is 279 g/mol. The van der Waals surface area contributed by atoms with Crippen molar-refractivity contribution in [3.05, 3.63) is 17.5 Å². The van der Waals surface area contributed by atoms with E-state index in [1.54, 1.807) is 0 Å². The van der Waals surface area contributed by atoms with Crippen LogP contribution in [0.2, 0.25) is 0 Å². The fourth-order valence-corrected chi connectivity index (χ4v) is 1.37. The zero-order valence-corrected chi connectivity index (χ0v) is 10.5. The number of pyridine rings is 1. The number of esters is 1. The summed E-state index contributed by atoms with van der Waals surface area (Å²) in [5, 5.41) is 0. The first-order valence-corrected chi connectivity index (χ1v) is 5.14. The molecule has 1 aromatic rings. The maximum atomic E-state index is 12.3. The second-order valence-corrected chi connectivity index (χ2v) is 3.52. The van der Waals surface area contributed by atoms with Crippen molar-refractivity contribution in [3.8, 4) is 11.5 Å². The van der Waals surface area contributed by atoms with E-state index in [0.29, 0.717) is 5.69 Å². The highest BCUT2D eigenvalue weighted by Gasteiger charge is 2.33. The molecule has 5 nitrogen and oxygen atoms in total. The molecule has 0 aliphatic rings. The number of carbonyl (C=O) groups excluding carboxylic acids is 1. The van der Waals surface area contributed by atoms with Crippen molar-refractivity contribution >= 4 is 5.97 Å². The number of methoxy groups -OCH3 is 2. The first kappa shape index (κ1) is 15.1. The number of ether oxygens (including phenoxy) is 3. The molecule has 0 bridgehead atoms. The largest absolute Gasteiger partial charge is 0.573 e. The SMILES string of the molecule is COC(=O)Cc1nc(C)c(OC)cc1OC(F)(F)F. The van der Waals surface area contributed by atoms with Crippen molar-refractivity contribution in [2.75, 3.05) is 14.2 Å². The average Bonchev–Trinajstić information content (AvgIpc) is 2.30. The van der Waals surface area contributed by atoms with Crippen LogP contribution >= 0.6 is 0 Å². The maximum absolute atomic E-state index is 12.3. The molecule has 8 heteroatoms. The molecule has 0 aliphatic carbocycles. The highest BCUT2D eigenvalue weighted by atomic mass is 19.4. The second kappa shape index (κ2) is 5.77. The van der Waals surface area contributed by atoms with Gasteiger partial charge in [0.2, 0.25) is 0 Å². The zero-order chi connectivity index (χ0) is 14.6. The monoisotopic (exact) mass is 279 g/mol. The first-order chi connectivity index (χ1) is 8.76. The Bertz CT molecular complexity index is 474. The first-order valence-electron chi connectivity index (χ1n) is 5.14. The summed E-state index contributed by atoms with van der Waals surface area (Å²) < 4.78 is 49.9. The van der Waals surface area contributed by atoms with Crippen molar-refractivity contribution < 1.29 is 32.2 Å². The summed E-state index contributed by atoms with van der Waals surface area (Å²) in [4.78, 5) is 15.0. The van der Waals surface area contributed by atoms with E-state index in [9.17, 15) is 18.0 Å². The number of hydrogen-bond donors (Lipinski definition) is 0. The molecule has 0 atom stereocenters. The Morgan fingerprint density at radius 1 is 1.32 bits per heavy atom. The van der Waals surface area contributed by atoms with Crippen LogP contribution in [0.25, 0.3) is 0 Å². The number of rotatable bonds is 4. The Kier molecular flexibility index (Phi) is 4.57. The Morgan fingerprint density at radius 2 is 1.95 bits per heavy atom. The fourth-order valence-electron chi connectivity index (χ4n) is 1.37. The Labute approximate surface area is 107 Å². The number of halogens is 3. The van der Waals surface area contributed by atoms with Crippen molar-refractivity contribution in [2.45, 2.75) is 19.7 Å². The van der Waals surface area contributed by atoms with Gasteiger partial charge in [0, 0.05) is 6.07 Å². The van der Waals surface area contributed by atoms with E-state index in [1.165, 1.54) is 14.0 Å². The molecule has 1 rings (SSSR count). The molecule has 19 heavy (non-hydrogen) atoms. The quantitative estimate of drug-likeness (QED) is 0.789. The van der Waals surface area contributed by atoms with E-state index in [-0.39, 0.29) is 11.4 Å². The molecule has 0 N–H and O–H groups in total. The lowest BCUT2D eigenvalue weighted by atomic mass is 10.2. The van der Waals surface area contributed by atoms with Crippen LogP contribution in [0.5, 0.6) is 11.5 Å². The molecule has 1 heterocycles. The maximum Gasteiger partial charge on any atom is 0.573 e. The third-order valence-electron chi connectivity index (χ3n) is 2.19. The van der Waals surface area contributed by atoms with Gasteiger partial charge >= 0.3 is 12.3 Å². The van der Waals surface area contributed by atoms with Crippen molar-refractivity contribution in [1.82, 2.24) is 4.98 Å². The summed E-state index contributed by atoms with van der Waals surface area (Å²) in [5.74, 6) is -1.17. The predicted octanol–water partition coefficient (Wildman–Crippen LogP) is 2.01. The molecule has 0 aliphatic heterocycles. The van der Waals surface area contributed by atoms with Crippen LogP contribution in [-0.4, -0.2) is 31.5 Å². The molecule has 0 saturated heterocycles. The number of aromatic nitrogens is 1. The molecule has 0 aromatic carbocycles. The second-order valence-electron chi connectivity index (χ2n) is 3.52. The van der Waals surface area contributed by atoms with Gasteiger partial charge < -0.3 is 14.2 Å². The minimum Gasteiger partial charge on any atom is -0.495 e. The van der Waals surface area contributed by atoms with Crippen molar-refractivity contribution in [3.63, 3.8) is 0 Å². The van der Waals surface area contributed by atoms with Gasteiger partial charge in [0.05, 0.1) is 32.0 Å². The van der Waals surface area contributed by atoms with Gasteiger partial charge in [-0.15, -0.1) is 13.2 Å². The summed E-state index contributed by atoms with van der Waals surface area (Å²) >= 11 is 0. The third kappa shape index (κ3) is 4.31. The lowest BCUT2D eigenvalue weighted by molar-refractivity contribution is -0.275. The molecule has 0 spiro atoms. The summed E-state index contributed by atoms with van der Waals surface area (Å²) in [6.45, 7) is 1.54. The Balaban J connectivity index is 3.18. The van der Waals surface area contributed by atoms with Gasteiger partial charge in [-0.3, -0.25) is 4.79 Å². The fraction of sp³-hybridized carbons (Fsp3) is 0.455. The minimum atomic E-state index is -4.88. The molecule has 0 amide bonds. The highest BCUT2D eigenvalue weighted by molar-refractivity contribution is 5.72. The predicted molar refractivity (Wildman–Crippen MR) is 57.9 cm³/mol. The smallest absolute Gasteiger partial charge is 0.495 e. The minimum absolute atomic E-state index is 0.132. The van der Waals surface area contributed by atoms with Crippen LogP contribution in [-0.2, 0) is 16.0 Å². The van der Waals surface area contributed by atoms with E-state index in [4.69, 9.17) is 4.74 Å². The van der Waals surface area contributed by atoms with Gasteiger partial charge in [-0.2, -0.15) is 0 Å². The van der Waals surface area contributed by atoms with Crippen LogP contribution in [0, 0.1) is 6.92 Å². The van der Waals surface area contributed by atoms with Crippen LogP contribution in [0.1, 0.15) is 11.4 Å². The summed E-state index contributed by atoms with van der Waals surface area (Å²) in [6, 6.07) is 1.04. The molecule has 106 valence electrons. The van der Waals surface area contributed by atoms with Gasteiger partial charge in [-0.05, 0) is 6.92 Å². The van der Waals surface area contributed by atoms with Gasteiger partial charge in [0.1, 0.15) is 5.75 Å². The van der Waals surface area contributed by atoms with E-state index < -0.39 is 24.5 Å². The summed E-state index contributed by atoms with van der Waals surface area (Å²) in [7, 11) is 2.42. The number of alkyl halides is 3. The number of hydrogen-bond acceptors (Lipinski definition) is 5. The van der Waals surface area contributed by atoms with Crippen LogP contribution in [0.3, 0.4) is 0 Å². The van der Waals surface area contributed by atoms with Crippen LogP contribution < -0.4 is 9.47 Å². The van der Waals surface area contributed by atoms with Crippen LogP contribution in [0.4, 0.5) is 13.2 Å². The van der Waals surface area contributed by atoms with Crippen molar-refractivity contribution in [2.24, 2.45) is 0 Å². The Hall–Kier alpha value is -1.99. The van der Waals surface area contributed by atoms with Gasteiger partial charge in [0.25, 0.3) is 0 Å². The van der Waals surface area contributed by atoms with Gasteiger partial charge in [0.15, 0.2) is 5.75 Å². The molecule has 0 radical (unpaired) electrons. The van der Waals surface area contributed by atoms with E-state index in [0.717, 1.165) is 13.2 Å². The number of nitrogens with zero attached hydrogens (tertiary/aromatic N) is 1. The standard InChI is InChI=1S/C11H12F3NO4/c1-6-8(17-2)5-9(19-11(12,13)14)7(15-6)4-10(16)18-3/h5H,4H2,1-3H3. The molecular weight excluding hydrogens is 267 g/mol. The molecule has 0 fully saturated rings. The zero-order valence-electron chi connectivity index (χ0n) is 10.5. The van der Waals surface area contributed by atoms with Gasteiger partial charge in [-0.25, -0.2) is 4.98 Å². The molecule has 1 aromatic heterocycles. The number of carbonyl (C=O) groups is 1. The summed E-state index contributed by atoms with van der Waals surface area (Å²) in [6.07, 6.45) is -5.31. The molecule has 0 unspecified atom stereocenters. The van der Waals surface area contributed by atoms with E-state index in [2.05, 4.69) is 14.5 Å². The van der Waals surface area contributed by atoms with Gasteiger partial charge in [-0.1, -0.05) is 0 Å². The third-order valence-corrected chi connectivity index (χ3v) is 2.19. The summed E-state index contributed by atoms with van der Waals surface area (Å²) in [5.41, 5.74) is 0.179. The van der Waals surface area contributed by atoms with Crippen molar-refractivity contribution in [1.29, 1.82) is 0 Å². The van der Waals surface area contributed by atoms with E-state index in [1.807, 2.05) is 0 Å². The Morgan fingerprint density at radius 3 is 2.42 bits per heavy atom. The topological polar surface area (TPSA) is 57.7 Å². The van der Waals surface area contributed by atoms with Crippen LogP contribution in [0.15, 0.2) is 6.07 Å². The molecular formula is C11H12F3NO4. The number of aryl methyl sites for hydroxylation is 1. The normalized spacial score (nSPS) is 11.1. The van der Waals surface area contributed by atoms with E-state index >= 15 is 0 Å². The lowest BCUT2D eigenvalue weighted by Gasteiger charge is -2.14. The lowest BCUT2D eigenvalue weighted by Crippen LogP contribution is -2.20. The highest BCUT2D eigenvalue weighted by Crippen LogP contribution is 2.30.